The maximum atomic E-state index is 12.2. The monoisotopic (exact) mass is 289 g/mol. The average Bonchev–Trinajstić information content (AvgIpc) is 2.47. The lowest BCUT2D eigenvalue weighted by Crippen LogP contribution is -2.24. The van der Waals surface area contributed by atoms with Gasteiger partial charge in [0.25, 0.3) is 5.91 Å². The highest BCUT2D eigenvalue weighted by molar-refractivity contribution is 6.31. The van der Waals surface area contributed by atoms with Gasteiger partial charge in [-0.25, -0.2) is 4.98 Å². The van der Waals surface area contributed by atoms with Crippen LogP contribution in [0.4, 0.5) is 5.82 Å². The number of hydrogen-bond donors (Lipinski definition) is 2. The van der Waals surface area contributed by atoms with Crippen molar-refractivity contribution < 1.29 is 4.79 Å². The van der Waals surface area contributed by atoms with Crippen molar-refractivity contribution in [2.45, 2.75) is 13.5 Å². The number of nitrogens with one attached hydrogen (secondary N) is 2. The Balaban J connectivity index is 2.07. The van der Waals surface area contributed by atoms with E-state index in [1.165, 1.54) is 0 Å². The third-order valence-corrected chi connectivity index (χ3v) is 3.16. The molecule has 0 fully saturated rings. The summed E-state index contributed by atoms with van der Waals surface area (Å²) in [5.41, 5.74) is 1.41. The second-order valence-corrected chi connectivity index (χ2v) is 4.61. The van der Waals surface area contributed by atoms with Crippen molar-refractivity contribution in [3.05, 3.63) is 58.7 Å². The van der Waals surface area contributed by atoms with Crippen molar-refractivity contribution in [1.29, 1.82) is 0 Å². The van der Waals surface area contributed by atoms with E-state index in [4.69, 9.17) is 11.6 Å². The molecule has 5 heteroatoms. The number of anilines is 1. The predicted molar refractivity (Wildman–Crippen MR) is 81.0 cm³/mol. The molecule has 1 heterocycles. The summed E-state index contributed by atoms with van der Waals surface area (Å²) in [6.45, 7) is 3.06. The quantitative estimate of drug-likeness (QED) is 0.889. The largest absolute Gasteiger partial charge is 0.370 e. The van der Waals surface area contributed by atoms with E-state index in [1.807, 2.05) is 25.1 Å². The van der Waals surface area contributed by atoms with Crippen molar-refractivity contribution in [3.63, 3.8) is 0 Å². The molecule has 1 amide bonds. The van der Waals surface area contributed by atoms with Crippen LogP contribution in [0.3, 0.4) is 0 Å². The van der Waals surface area contributed by atoms with Crippen LogP contribution in [0, 0.1) is 0 Å². The fourth-order valence-electron chi connectivity index (χ4n) is 1.81. The number of carbonyl (C=O) groups excluding carboxylic acids is 1. The van der Waals surface area contributed by atoms with Crippen LogP contribution in [-0.2, 0) is 6.54 Å². The predicted octanol–water partition coefficient (Wildman–Crippen LogP) is 3.10. The lowest BCUT2D eigenvalue weighted by Gasteiger charge is -2.10. The van der Waals surface area contributed by atoms with Gasteiger partial charge in [0, 0.05) is 24.3 Å². The van der Waals surface area contributed by atoms with E-state index >= 15 is 0 Å². The van der Waals surface area contributed by atoms with E-state index in [1.54, 1.807) is 24.4 Å². The Morgan fingerprint density at radius 2 is 2.05 bits per heavy atom. The van der Waals surface area contributed by atoms with Crippen molar-refractivity contribution in [2.24, 2.45) is 0 Å². The van der Waals surface area contributed by atoms with Gasteiger partial charge in [-0.1, -0.05) is 29.8 Å². The van der Waals surface area contributed by atoms with Gasteiger partial charge in [-0.05, 0) is 30.7 Å². The molecule has 20 heavy (non-hydrogen) atoms. The Kier molecular flexibility index (Phi) is 4.96. The van der Waals surface area contributed by atoms with Gasteiger partial charge in [-0.15, -0.1) is 0 Å². The summed E-state index contributed by atoms with van der Waals surface area (Å²) in [6, 6.07) is 10.9. The van der Waals surface area contributed by atoms with Crippen molar-refractivity contribution >= 4 is 23.3 Å². The molecule has 4 nitrogen and oxygen atoms in total. The highest BCUT2D eigenvalue weighted by Gasteiger charge is 2.11. The Morgan fingerprint density at radius 3 is 2.80 bits per heavy atom. The van der Waals surface area contributed by atoms with E-state index in [-0.39, 0.29) is 5.91 Å². The molecule has 0 radical (unpaired) electrons. The third kappa shape index (κ3) is 3.48. The zero-order valence-electron chi connectivity index (χ0n) is 11.2. The first kappa shape index (κ1) is 14.3. The van der Waals surface area contributed by atoms with Crippen molar-refractivity contribution in [1.82, 2.24) is 10.3 Å². The number of rotatable bonds is 5. The van der Waals surface area contributed by atoms with Crippen LogP contribution in [0.5, 0.6) is 0 Å². The Hall–Kier alpha value is -2.07. The van der Waals surface area contributed by atoms with Crippen molar-refractivity contribution in [2.75, 3.05) is 11.9 Å². The minimum atomic E-state index is -0.172. The third-order valence-electron chi connectivity index (χ3n) is 2.79. The fraction of sp³-hybridized carbons (Fsp3) is 0.200. The van der Waals surface area contributed by atoms with Gasteiger partial charge in [0.2, 0.25) is 0 Å². The van der Waals surface area contributed by atoms with Gasteiger partial charge < -0.3 is 10.6 Å². The molecule has 0 aliphatic carbocycles. The average molecular weight is 290 g/mol. The van der Waals surface area contributed by atoms with E-state index in [0.717, 1.165) is 5.56 Å². The van der Waals surface area contributed by atoms with E-state index < -0.39 is 0 Å². The molecule has 0 spiro atoms. The molecular formula is C15H16ClN3O. The second-order valence-electron chi connectivity index (χ2n) is 4.20. The number of amides is 1. The number of benzene rings is 1. The fourth-order valence-corrected chi connectivity index (χ4v) is 2.01. The Bertz CT molecular complexity index is 601. The van der Waals surface area contributed by atoms with Gasteiger partial charge in [0.1, 0.15) is 5.82 Å². The van der Waals surface area contributed by atoms with E-state index in [9.17, 15) is 4.79 Å². The molecular weight excluding hydrogens is 274 g/mol. The zero-order chi connectivity index (χ0) is 14.4. The second kappa shape index (κ2) is 6.91. The standard InChI is InChI=1S/C15H16ClN3O/c1-2-17-14-12(7-5-9-18-14)15(20)19-10-11-6-3-4-8-13(11)16/h3-9H,2,10H2,1H3,(H,17,18)(H,19,20). The van der Waals surface area contributed by atoms with Crippen LogP contribution in [0.25, 0.3) is 0 Å². The van der Waals surface area contributed by atoms with Gasteiger partial charge in [-0.2, -0.15) is 0 Å². The lowest BCUT2D eigenvalue weighted by molar-refractivity contribution is 0.0951. The summed E-state index contributed by atoms with van der Waals surface area (Å²) < 4.78 is 0. The highest BCUT2D eigenvalue weighted by atomic mass is 35.5. The molecule has 2 rings (SSSR count). The first-order valence-electron chi connectivity index (χ1n) is 6.43. The molecule has 104 valence electrons. The van der Waals surface area contributed by atoms with Crippen LogP contribution in [-0.4, -0.2) is 17.4 Å². The van der Waals surface area contributed by atoms with Gasteiger partial charge >= 0.3 is 0 Å². The minimum Gasteiger partial charge on any atom is -0.370 e. The summed E-state index contributed by atoms with van der Waals surface area (Å²) >= 11 is 6.06. The number of halogens is 1. The van der Waals surface area contributed by atoms with Crippen molar-refractivity contribution in [3.8, 4) is 0 Å². The minimum absolute atomic E-state index is 0.172. The van der Waals surface area contributed by atoms with Crippen LogP contribution in [0.2, 0.25) is 5.02 Å². The maximum Gasteiger partial charge on any atom is 0.255 e. The summed E-state index contributed by atoms with van der Waals surface area (Å²) in [5.74, 6) is 0.417. The summed E-state index contributed by atoms with van der Waals surface area (Å²) in [4.78, 5) is 16.4. The number of aromatic nitrogens is 1. The SMILES string of the molecule is CCNc1ncccc1C(=O)NCc1ccccc1Cl. The zero-order valence-corrected chi connectivity index (χ0v) is 11.9. The summed E-state index contributed by atoms with van der Waals surface area (Å²) in [5, 5.41) is 6.56. The number of nitrogens with zero attached hydrogens (tertiary/aromatic N) is 1. The van der Waals surface area contributed by atoms with Crippen LogP contribution >= 0.6 is 11.6 Å². The van der Waals surface area contributed by atoms with Crippen LogP contribution < -0.4 is 10.6 Å². The molecule has 0 aliphatic rings. The summed E-state index contributed by atoms with van der Waals surface area (Å²) in [6.07, 6.45) is 1.66. The Morgan fingerprint density at radius 1 is 1.25 bits per heavy atom. The van der Waals surface area contributed by atoms with Gasteiger partial charge in [-0.3, -0.25) is 4.79 Å². The van der Waals surface area contributed by atoms with Crippen LogP contribution in [0.15, 0.2) is 42.6 Å². The molecule has 0 atom stereocenters. The van der Waals surface area contributed by atoms with Crippen LogP contribution in [0.1, 0.15) is 22.8 Å². The number of hydrogen-bond acceptors (Lipinski definition) is 3. The normalized spacial score (nSPS) is 10.1. The molecule has 2 aromatic rings. The van der Waals surface area contributed by atoms with Gasteiger partial charge in [0.05, 0.1) is 5.56 Å². The number of carbonyl (C=O) groups is 1. The highest BCUT2D eigenvalue weighted by Crippen LogP contribution is 2.15. The maximum absolute atomic E-state index is 12.2. The topological polar surface area (TPSA) is 54.0 Å². The molecule has 0 saturated heterocycles. The number of pyridine rings is 1. The molecule has 2 N–H and O–H groups in total. The molecule has 1 aromatic heterocycles. The first-order chi connectivity index (χ1) is 9.72. The first-order valence-corrected chi connectivity index (χ1v) is 6.80. The van der Waals surface area contributed by atoms with Gasteiger partial charge in [0.15, 0.2) is 0 Å². The lowest BCUT2D eigenvalue weighted by atomic mass is 10.2. The smallest absolute Gasteiger partial charge is 0.255 e. The van der Waals surface area contributed by atoms with E-state index in [0.29, 0.717) is 29.5 Å². The summed E-state index contributed by atoms with van der Waals surface area (Å²) in [7, 11) is 0. The molecule has 0 bridgehead atoms. The van der Waals surface area contributed by atoms with E-state index in [2.05, 4.69) is 15.6 Å². The molecule has 0 unspecified atom stereocenters. The Labute approximate surface area is 123 Å². The molecule has 0 aliphatic heterocycles. The molecule has 0 saturated carbocycles. The molecule has 1 aromatic carbocycles.